The highest BCUT2D eigenvalue weighted by atomic mass is 35.5. The Morgan fingerprint density at radius 2 is 2.27 bits per heavy atom. The zero-order valence-electron chi connectivity index (χ0n) is 8.59. The first-order chi connectivity index (χ1) is 7.11. The van der Waals surface area contributed by atoms with E-state index in [-0.39, 0.29) is 5.91 Å². The predicted molar refractivity (Wildman–Crippen MR) is 61.5 cm³/mol. The van der Waals surface area contributed by atoms with Crippen LogP contribution in [0.4, 0.5) is 0 Å². The van der Waals surface area contributed by atoms with Gasteiger partial charge in [-0.15, -0.1) is 0 Å². The number of amides is 1. The summed E-state index contributed by atoms with van der Waals surface area (Å²) in [5.74, 6) is 0.0948. The number of carbonyl (C=O) groups excluding carboxylic acids is 1. The van der Waals surface area contributed by atoms with E-state index >= 15 is 0 Å². The van der Waals surface area contributed by atoms with E-state index in [1.165, 1.54) is 5.56 Å². The van der Waals surface area contributed by atoms with E-state index in [4.69, 9.17) is 11.6 Å². The van der Waals surface area contributed by atoms with Crippen molar-refractivity contribution in [1.82, 2.24) is 4.90 Å². The Morgan fingerprint density at radius 1 is 1.53 bits per heavy atom. The second-order valence-corrected chi connectivity index (χ2v) is 4.15. The second-order valence-electron chi connectivity index (χ2n) is 3.71. The number of nitrogens with zero attached hydrogens (tertiary/aromatic N) is 1. The Morgan fingerprint density at radius 3 is 2.87 bits per heavy atom. The number of hydrogen-bond donors (Lipinski definition) is 0. The van der Waals surface area contributed by atoms with Crippen molar-refractivity contribution in [1.29, 1.82) is 0 Å². The normalized spacial score (nSPS) is 13.9. The summed E-state index contributed by atoms with van der Waals surface area (Å²) in [6, 6.07) is 3.81. The van der Waals surface area contributed by atoms with Crippen molar-refractivity contribution in [3.63, 3.8) is 0 Å². The zero-order valence-corrected chi connectivity index (χ0v) is 9.34. The maximum Gasteiger partial charge on any atom is 0.220 e. The Balaban J connectivity index is 2.45. The molecule has 3 heteroatoms. The van der Waals surface area contributed by atoms with E-state index in [0.717, 1.165) is 11.1 Å². The molecule has 1 aliphatic rings. The zero-order chi connectivity index (χ0) is 11.0. The Bertz CT molecular complexity index is 439. The van der Waals surface area contributed by atoms with Crippen LogP contribution < -0.4 is 0 Å². The van der Waals surface area contributed by atoms with Crippen LogP contribution in [-0.4, -0.2) is 10.8 Å². The Hall–Kier alpha value is -1.28. The number of benzene rings is 1. The largest absolute Gasteiger partial charge is 0.334 e. The van der Waals surface area contributed by atoms with Crippen LogP contribution >= 0.6 is 11.6 Å². The van der Waals surface area contributed by atoms with Crippen LogP contribution in [0.2, 0.25) is 5.02 Å². The lowest BCUT2D eigenvalue weighted by Crippen LogP contribution is -2.21. The summed E-state index contributed by atoms with van der Waals surface area (Å²) >= 11 is 5.98. The third kappa shape index (κ3) is 1.77. The summed E-state index contributed by atoms with van der Waals surface area (Å²) < 4.78 is 0. The fraction of sp³-hybridized carbons (Fsp3) is 0.250. The minimum Gasteiger partial charge on any atom is -0.334 e. The van der Waals surface area contributed by atoms with Gasteiger partial charge in [0.1, 0.15) is 0 Å². The number of carbonyl (C=O) groups is 1. The molecule has 78 valence electrons. The smallest absolute Gasteiger partial charge is 0.220 e. The first-order valence-electron chi connectivity index (χ1n) is 4.81. The summed E-state index contributed by atoms with van der Waals surface area (Å²) in [7, 11) is 0. The van der Waals surface area contributed by atoms with Crippen LogP contribution in [0.5, 0.6) is 0 Å². The lowest BCUT2D eigenvalue weighted by molar-refractivity contribution is -0.129. The van der Waals surface area contributed by atoms with E-state index in [0.29, 0.717) is 18.1 Å². The van der Waals surface area contributed by atoms with Gasteiger partial charge in [0.2, 0.25) is 5.91 Å². The van der Waals surface area contributed by atoms with Crippen LogP contribution in [0.3, 0.4) is 0 Å². The Labute approximate surface area is 94.2 Å². The Kier molecular flexibility index (Phi) is 2.53. The number of rotatable bonds is 1. The van der Waals surface area contributed by atoms with Crippen molar-refractivity contribution in [2.45, 2.75) is 20.0 Å². The quantitative estimate of drug-likeness (QED) is 0.714. The molecule has 0 unspecified atom stereocenters. The average Bonchev–Trinajstić information content (AvgIpc) is 2.59. The fourth-order valence-electron chi connectivity index (χ4n) is 1.91. The molecule has 0 radical (unpaired) electrons. The van der Waals surface area contributed by atoms with Gasteiger partial charge >= 0.3 is 0 Å². The molecule has 0 spiro atoms. The molecular formula is C12H12ClNO. The molecule has 1 aromatic rings. The van der Waals surface area contributed by atoms with Crippen LogP contribution in [-0.2, 0) is 17.9 Å². The van der Waals surface area contributed by atoms with E-state index < -0.39 is 0 Å². The average molecular weight is 222 g/mol. The van der Waals surface area contributed by atoms with Crippen molar-refractivity contribution in [2.24, 2.45) is 0 Å². The molecule has 0 bridgehead atoms. The number of fused-ring (bicyclic) bond motifs is 1. The van der Waals surface area contributed by atoms with Crippen LogP contribution in [0.1, 0.15) is 23.6 Å². The molecule has 2 nitrogen and oxygen atoms in total. The highest BCUT2D eigenvalue weighted by molar-refractivity contribution is 6.30. The number of halogens is 1. The monoisotopic (exact) mass is 221 g/mol. The molecule has 1 heterocycles. The van der Waals surface area contributed by atoms with Gasteiger partial charge in [0, 0.05) is 25.0 Å². The van der Waals surface area contributed by atoms with Crippen LogP contribution in [0, 0.1) is 0 Å². The van der Waals surface area contributed by atoms with Crippen molar-refractivity contribution < 1.29 is 4.79 Å². The summed E-state index contributed by atoms with van der Waals surface area (Å²) in [6.45, 7) is 6.67. The van der Waals surface area contributed by atoms with Gasteiger partial charge in [-0.3, -0.25) is 4.79 Å². The highest BCUT2D eigenvalue weighted by Crippen LogP contribution is 2.29. The van der Waals surface area contributed by atoms with Gasteiger partial charge in [-0.2, -0.15) is 0 Å². The SMILES string of the molecule is C=Cc1cc(Cl)cc2c1CN(C(C)=O)C2. The van der Waals surface area contributed by atoms with E-state index in [1.54, 1.807) is 17.9 Å². The third-order valence-electron chi connectivity index (χ3n) is 2.72. The van der Waals surface area contributed by atoms with Crippen molar-refractivity contribution in [3.8, 4) is 0 Å². The molecule has 15 heavy (non-hydrogen) atoms. The number of hydrogen-bond acceptors (Lipinski definition) is 1. The van der Waals surface area contributed by atoms with Crippen molar-refractivity contribution in [2.75, 3.05) is 0 Å². The van der Waals surface area contributed by atoms with Gasteiger partial charge in [0.25, 0.3) is 0 Å². The van der Waals surface area contributed by atoms with Gasteiger partial charge in [0.15, 0.2) is 0 Å². The molecule has 0 N–H and O–H groups in total. The van der Waals surface area contributed by atoms with E-state index in [2.05, 4.69) is 6.58 Å². The van der Waals surface area contributed by atoms with Crippen LogP contribution in [0.25, 0.3) is 6.08 Å². The molecule has 0 saturated carbocycles. The van der Waals surface area contributed by atoms with Gasteiger partial charge < -0.3 is 4.90 Å². The summed E-state index contributed by atoms with van der Waals surface area (Å²) in [6.07, 6.45) is 1.79. The molecule has 2 rings (SSSR count). The summed E-state index contributed by atoms with van der Waals surface area (Å²) in [4.78, 5) is 13.1. The molecule has 0 fully saturated rings. The van der Waals surface area contributed by atoms with Crippen LogP contribution in [0.15, 0.2) is 18.7 Å². The summed E-state index contributed by atoms with van der Waals surface area (Å²) in [5.41, 5.74) is 3.33. The lowest BCUT2D eigenvalue weighted by Gasteiger charge is -2.11. The highest BCUT2D eigenvalue weighted by Gasteiger charge is 2.22. The molecule has 0 saturated heterocycles. The molecule has 1 amide bonds. The van der Waals surface area contributed by atoms with E-state index in [9.17, 15) is 4.79 Å². The minimum atomic E-state index is 0.0948. The van der Waals surface area contributed by atoms with Gasteiger partial charge in [-0.05, 0) is 28.8 Å². The predicted octanol–water partition coefficient (Wildman–Crippen LogP) is 2.85. The maximum atomic E-state index is 11.3. The fourth-order valence-corrected chi connectivity index (χ4v) is 2.16. The molecule has 1 aliphatic heterocycles. The first-order valence-corrected chi connectivity index (χ1v) is 5.19. The van der Waals surface area contributed by atoms with Gasteiger partial charge in [0.05, 0.1) is 0 Å². The van der Waals surface area contributed by atoms with Crippen molar-refractivity contribution >= 4 is 23.6 Å². The van der Waals surface area contributed by atoms with Gasteiger partial charge in [-0.25, -0.2) is 0 Å². The second kappa shape index (κ2) is 3.70. The summed E-state index contributed by atoms with van der Waals surface area (Å²) in [5, 5.41) is 0.703. The molecule has 1 aromatic carbocycles. The topological polar surface area (TPSA) is 20.3 Å². The lowest BCUT2D eigenvalue weighted by atomic mass is 10.0. The van der Waals surface area contributed by atoms with Crippen molar-refractivity contribution in [3.05, 3.63) is 40.4 Å². The molecule has 0 aromatic heterocycles. The maximum absolute atomic E-state index is 11.3. The molecular weight excluding hydrogens is 210 g/mol. The molecule has 0 atom stereocenters. The van der Waals surface area contributed by atoms with E-state index in [1.807, 2.05) is 12.1 Å². The molecule has 0 aliphatic carbocycles. The minimum absolute atomic E-state index is 0.0948. The third-order valence-corrected chi connectivity index (χ3v) is 2.94. The first kappa shape index (κ1) is 10.2. The van der Waals surface area contributed by atoms with Gasteiger partial charge in [-0.1, -0.05) is 24.3 Å². The standard InChI is InChI=1S/C12H12ClNO/c1-3-9-4-11(13)5-10-6-14(8(2)15)7-12(9)10/h3-5H,1,6-7H2,2H3.